The average molecular weight is 473 g/mol. The molecule has 2 aliphatic carbocycles. The number of methoxy groups -OCH3 is 2. The van der Waals surface area contributed by atoms with Crippen LogP contribution in [0.3, 0.4) is 0 Å². The molecule has 2 saturated carbocycles. The first-order chi connectivity index (χ1) is 15.8. The number of ether oxygens (including phenoxy) is 3. The molecule has 0 spiro atoms. The van der Waals surface area contributed by atoms with E-state index in [0.717, 1.165) is 62.2 Å². The van der Waals surface area contributed by atoms with Gasteiger partial charge in [0.1, 0.15) is 11.5 Å². The number of rotatable bonds is 10. The van der Waals surface area contributed by atoms with Gasteiger partial charge in [-0.2, -0.15) is 0 Å². The monoisotopic (exact) mass is 472 g/mol. The maximum Gasteiger partial charge on any atom is 0.197 e. The van der Waals surface area contributed by atoms with Crippen LogP contribution < -0.4 is 9.47 Å². The Hall–Kier alpha value is -1.81. The minimum atomic E-state index is -2.99. The van der Waals surface area contributed by atoms with E-state index in [4.69, 9.17) is 14.2 Å². The van der Waals surface area contributed by atoms with Gasteiger partial charge in [0.25, 0.3) is 0 Å². The van der Waals surface area contributed by atoms with Crippen LogP contribution in [0.4, 0.5) is 0 Å². The molecule has 0 aliphatic heterocycles. The summed E-state index contributed by atoms with van der Waals surface area (Å²) in [7, 11) is 0.571. The molecule has 0 heterocycles. The van der Waals surface area contributed by atoms with E-state index >= 15 is 0 Å². The summed E-state index contributed by atoms with van der Waals surface area (Å²) in [5, 5.41) is 0. The minimum absolute atomic E-state index is 0.0892. The van der Waals surface area contributed by atoms with E-state index in [-0.39, 0.29) is 5.60 Å². The summed E-state index contributed by atoms with van der Waals surface area (Å²) in [6.07, 6.45) is 7.68. The molecule has 2 aliphatic rings. The summed E-state index contributed by atoms with van der Waals surface area (Å²) in [5.74, 6) is 2.85. The highest BCUT2D eigenvalue weighted by molar-refractivity contribution is 7.57. The lowest BCUT2D eigenvalue weighted by Gasteiger charge is -2.31. The second-order valence-electron chi connectivity index (χ2n) is 9.85. The second-order valence-corrected chi connectivity index (χ2v) is 12.4. The van der Waals surface area contributed by atoms with Crippen LogP contribution in [-0.4, -0.2) is 38.5 Å². The Bertz CT molecular complexity index is 986. The molecule has 2 fully saturated rings. The van der Waals surface area contributed by atoms with Crippen molar-refractivity contribution in [3.63, 3.8) is 0 Å². The topological polar surface area (TPSA) is 65.0 Å². The van der Waals surface area contributed by atoms with Crippen LogP contribution in [0.25, 0.3) is 0 Å². The summed E-state index contributed by atoms with van der Waals surface area (Å²) in [6.45, 7) is 2.13. The Morgan fingerprint density at radius 2 is 1.79 bits per heavy atom. The van der Waals surface area contributed by atoms with Crippen molar-refractivity contribution in [3.8, 4) is 11.5 Å². The number of hydrogen-bond donors (Lipinski definition) is 1. The van der Waals surface area contributed by atoms with E-state index in [2.05, 4.69) is 18.2 Å². The average Bonchev–Trinajstić information content (AvgIpc) is 3.62. The lowest BCUT2D eigenvalue weighted by molar-refractivity contribution is 0.0773. The first-order valence-electron chi connectivity index (χ1n) is 12.1. The lowest BCUT2D eigenvalue weighted by atomic mass is 9.76. The van der Waals surface area contributed by atoms with Gasteiger partial charge in [-0.25, -0.2) is 0 Å². The third kappa shape index (κ3) is 6.20. The normalized spacial score (nSPS) is 23.5. The summed E-state index contributed by atoms with van der Waals surface area (Å²) < 4.78 is 29.1. The SMILES string of the molecule is COc1ccc(C2(OC)CC2)c(C2CCC(COc3cccc(CCP(C)(=O)O)c3)CC2)c1. The molecule has 4 rings (SSSR count). The highest BCUT2D eigenvalue weighted by atomic mass is 31.2. The van der Waals surface area contributed by atoms with Gasteiger partial charge >= 0.3 is 0 Å². The molecule has 5 nitrogen and oxygen atoms in total. The summed E-state index contributed by atoms with van der Waals surface area (Å²) >= 11 is 0. The fourth-order valence-electron chi connectivity index (χ4n) is 5.10. The lowest BCUT2D eigenvalue weighted by Crippen LogP contribution is -2.21. The summed E-state index contributed by atoms with van der Waals surface area (Å²) in [5.41, 5.74) is 3.71. The number of aryl methyl sites for hydroxylation is 1. The summed E-state index contributed by atoms with van der Waals surface area (Å²) in [4.78, 5) is 9.54. The fourth-order valence-corrected chi connectivity index (χ4v) is 5.77. The zero-order chi connectivity index (χ0) is 23.5. The summed E-state index contributed by atoms with van der Waals surface area (Å²) in [6, 6.07) is 14.4. The van der Waals surface area contributed by atoms with Crippen LogP contribution in [-0.2, 0) is 21.3 Å². The molecule has 0 bridgehead atoms. The van der Waals surface area contributed by atoms with Crippen LogP contribution in [0.1, 0.15) is 61.1 Å². The highest BCUT2D eigenvalue weighted by Gasteiger charge is 2.47. The van der Waals surface area contributed by atoms with Gasteiger partial charge in [0, 0.05) is 19.9 Å². The molecule has 2 aromatic carbocycles. The fraction of sp³-hybridized carbons (Fsp3) is 0.556. The molecular formula is C27H37O5P. The molecule has 0 amide bonds. The minimum Gasteiger partial charge on any atom is -0.497 e. The molecule has 6 heteroatoms. The van der Waals surface area contributed by atoms with Crippen molar-refractivity contribution in [2.75, 3.05) is 33.7 Å². The predicted molar refractivity (Wildman–Crippen MR) is 132 cm³/mol. The Morgan fingerprint density at radius 3 is 2.42 bits per heavy atom. The van der Waals surface area contributed by atoms with Gasteiger partial charge in [0.15, 0.2) is 7.37 Å². The van der Waals surface area contributed by atoms with E-state index in [1.54, 1.807) is 7.11 Å². The zero-order valence-electron chi connectivity index (χ0n) is 20.1. The molecule has 180 valence electrons. The van der Waals surface area contributed by atoms with Crippen LogP contribution in [0.2, 0.25) is 0 Å². The number of benzene rings is 2. The van der Waals surface area contributed by atoms with E-state index in [1.807, 2.05) is 31.4 Å². The Kier molecular flexibility index (Phi) is 7.53. The van der Waals surface area contributed by atoms with Crippen molar-refractivity contribution < 1.29 is 23.7 Å². The predicted octanol–water partition coefficient (Wildman–Crippen LogP) is 6.13. The Labute approximate surface area is 197 Å². The van der Waals surface area contributed by atoms with Crippen LogP contribution >= 0.6 is 7.37 Å². The molecule has 2 aromatic rings. The highest BCUT2D eigenvalue weighted by Crippen LogP contribution is 2.53. The van der Waals surface area contributed by atoms with Crippen molar-refractivity contribution in [3.05, 3.63) is 59.2 Å². The standard InChI is InChI=1S/C27H37O5P/c1-30-23-11-12-26(27(31-2)14-15-27)25(18-23)22-9-7-21(8-10-22)19-32-24-6-4-5-20(17-24)13-16-33(3,28)29/h4-6,11-12,17-18,21-22H,7-10,13-16,19H2,1-3H3,(H,28,29). The first-order valence-corrected chi connectivity index (χ1v) is 14.4. The maximum atomic E-state index is 11.6. The van der Waals surface area contributed by atoms with Gasteiger partial charge in [-0.15, -0.1) is 0 Å². The molecule has 33 heavy (non-hydrogen) atoms. The quantitative estimate of drug-likeness (QED) is 0.422. The van der Waals surface area contributed by atoms with Crippen LogP contribution in [0.15, 0.2) is 42.5 Å². The Morgan fingerprint density at radius 1 is 1.03 bits per heavy atom. The van der Waals surface area contributed by atoms with Gasteiger partial charge < -0.3 is 19.1 Å². The molecule has 1 atom stereocenters. The molecule has 0 aromatic heterocycles. The van der Waals surface area contributed by atoms with Gasteiger partial charge in [-0.1, -0.05) is 18.2 Å². The zero-order valence-corrected chi connectivity index (χ0v) is 21.0. The van der Waals surface area contributed by atoms with Gasteiger partial charge in [0.2, 0.25) is 0 Å². The van der Waals surface area contributed by atoms with E-state index in [0.29, 0.717) is 24.4 Å². The molecular weight excluding hydrogens is 435 g/mol. The third-order valence-corrected chi connectivity index (χ3v) is 8.38. The van der Waals surface area contributed by atoms with Gasteiger partial charge in [0.05, 0.1) is 19.3 Å². The van der Waals surface area contributed by atoms with Crippen molar-refractivity contribution in [2.24, 2.45) is 5.92 Å². The van der Waals surface area contributed by atoms with Crippen LogP contribution in [0.5, 0.6) is 11.5 Å². The molecule has 0 saturated heterocycles. The molecule has 0 radical (unpaired) electrons. The van der Waals surface area contributed by atoms with Gasteiger partial charge in [-0.05, 0) is 97.7 Å². The Balaban J connectivity index is 1.34. The maximum absolute atomic E-state index is 11.6. The second kappa shape index (κ2) is 10.2. The van der Waals surface area contributed by atoms with Crippen molar-refractivity contribution in [1.82, 2.24) is 0 Å². The number of hydrogen-bond acceptors (Lipinski definition) is 4. The smallest absolute Gasteiger partial charge is 0.197 e. The van der Waals surface area contributed by atoms with Crippen molar-refractivity contribution in [1.29, 1.82) is 0 Å². The molecule has 1 N–H and O–H groups in total. The van der Waals surface area contributed by atoms with E-state index in [1.165, 1.54) is 17.8 Å². The van der Waals surface area contributed by atoms with Crippen molar-refractivity contribution in [2.45, 2.75) is 56.5 Å². The first kappa shape index (κ1) is 24.3. The molecule has 1 unspecified atom stereocenters. The third-order valence-electron chi connectivity index (χ3n) is 7.33. The van der Waals surface area contributed by atoms with E-state index < -0.39 is 7.37 Å². The van der Waals surface area contributed by atoms with Crippen molar-refractivity contribution >= 4 is 7.37 Å². The van der Waals surface area contributed by atoms with E-state index in [9.17, 15) is 9.46 Å². The largest absolute Gasteiger partial charge is 0.497 e. The van der Waals surface area contributed by atoms with Gasteiger partial charge in [-0.3, -0.25) is 4.57 Å². The van der Waals surface area contributed by atoms with Crippen LogP contribution in [0, 0.1) is 5.92 Å².